The largest absolute Gasteiger partial charge is 0.490 e. The number of fused-ring (bicyclic) bond motifs is 1. The summed E-state index contributed by atoms with van der Waals surface area (Å²) in [4.78, 5) is 37.7. The van der Waals surface area contributed by atoms with E-state index in [1.54, 1.807) is 6.20 Å². The summed E-state index contributed by atoms with van der Waals surface area (Å²) < 4.78 is 107. The number of rotatable bonds is 6. The molecule has 4 rings (SSSR count). The number of carboxylic acid groups (broad SMARTS) is 3. The number of halogens is 9. The SMILES string of the molecule is O=C(O)C(F)(F)F.O=C(O)C(F)(F)F.O=C(O)C(F)(F)F.c1ccc(COC[C@H]2CC[C@H]3[C@H](CCN3Cc3cccnc3)O2)nc1. The summed E-state index contributed by atoms with van der Waals surface area (Å²) in [6.07, 6.45) is -5.74. The first-order valence-corrected chi connectivity index (χ1v) is 12.9. The number of hydrogen-bond acceptors (Lipinski definition) is 8. The monoisotopic (exact) mass is 681 g/mol. The Kier molecular flexibility index (Phi) is 15.8. The van der Waals surface area contributed by atoms with E-state index in [0.717, 1.165) is 31.6 Å². The lowest BCUT2D eigenvalue weighted by Crippen LogP contribution is -2.43. The van der Waals surface area contributed by atoms with Gasteiger partial charge in [-0.05, 0) is 43.0 Å². The van der Waals surface area contributed by atoms with Crippen molar-refractivity contribution in [2.24, 2.45) is 0 Å². The van der Waals surface area contributed by atoms with Gasteiger partial charge >= 0.3 is 36.4 Å². The van der Waals surface area contributed by atoms with Crippen LogP contribution < -0.4 is 0 Å². The Balaban J connectivity index is 0.000000413. The molecule has 0 radical (unpaired) electrons. The van der Waals surface area contributed by atoms with E-state index >= 15 is 0 Å². The van der Waals surface area contributed by atoms with Crippen molar-refractivity contribution in [2.75, 3.05) is 13.2 Å². The van der Waals surface area contributed by atoms with Crippen molar-refractivity contribution >= 4 is 17.9 Å². The van der Waals surface area contributed by atoms with Crippen LogP contribution in [0.4, 0.5) is 39.5 Å². The normalized spacial score (nSPS) is 19.5. The summed E-state index contributed by atoms with van der Waals surface area (Å²) in [6, 6.07) is 10.6. The molecule has 3 N–H and O–H groups in total. The number of pyridine rings is 2. The summed E-state index contributed by atoms with van der Waals surface area (Å²) in [7, 11) is 0. The van der Waals surface area contributed by atoms with Crippen molar-refractivity contribution in [2.45, 2.75) is 69.2 Å². The van der Waals surface area contributed by atoms with Gasteiger partial charge in [0.2, 0.25) is 0 Å². The van der Waals surface area contributed by atoms with E-state index in [1.807, 2.05) is 36.7 Å². The molecule has 258 valence electrons. The van der Waals surface area contributed by atoms with Crippen molar-refractivity contribution in [3.05, 3.63) is 60.2 Å². The molecule has 4 heterocycles. The first-order valence-electron chi connectivity index (χ1n) is 12.9. The van der Waals surface area contributed by atoms with E-state index in [4.69, 9.17) is 39.2 Å². The number of likely N-dealkylation sites (tertiary alicyclic amines) is 1. The molecule has 2 saturated heterocycles. The summed E-state index contributed by atoms with van der Waals surface area (Å²) in [5.74, 6) is -8.27. The van der Waals surface area contributed by atoms with Gasteiger partial charge in [0, 0.05) is 37.7 Å². The van der Waals surface area contributed by atoms with E-state index < -0.39 is 36.4 Å². The second-order valence-corrected chi connectivity index (χ2v) is 9.31. The predicted molar refractivity (Wildman–Crippen MR) is 136 cm³/mol. The van der Waals surface area contributed by atoms with Gasteiger partial charge in [0.05, 0.1) is 31.1 Å². The van der Waals surface area contributed by atoms with E-state index in [1.165, 1.54) is 12.0 Å². The van der Waals surface area contributed by atoms with Crippen LogP contribution in [0, 0.1) is 0 Å². The smallest absolute Gasteiger partial charge is 0.475 e. The Morgan fingerprint density at radius 1 is 0.826 bits per heavy atom. The molecule has 0 bridgehead atoms. The van der Waals surface area contributed by atoms with Crippen LogP contribution >= 0.6 is 0 Å². The number of alkyl halides is 9. The van der Waals surface area contributed by atoms with E-state index in [0.29, 0.717) is 25.4 Å². The van der Waals surface area contributed by atoms with Gasteiger partial charge in [-0.3, -0.25) is 14.9 Å². The molecule has 3 atom stereocenters. The molecule has 2 fully saturated rings. The average molecular weight is 682 g/mol. The third kappa shape index (κ3) is 15.8. The Morgan fingerprint density at radius 2 is 1.39 bits per heavy atom. The van der Waals surface area contributed by atoms with Gasteiger partial charge in [-0.1, -0.05) is 12.1 Å². The van der Waals surface area contributed by atoms with Gasteiger partial charge in [-0.25, -0.2) is 14.4 Å². The zero-order valence-electron chi connectivity index (χ0n) is 23.4. The Morgan fingerprint density at radius 3 is 1.85 bits per heavy atom. The Hall–Kier alpha value is -4.04. The summed E-state index contributed by atoms with van der Waals surface area (Å²) in [6.45, 7) is 3.29. The highest BCUT2D eigenvalue weighted by molar-refractivity contribution is 5.73. The summed E-state index contributed by atoms with van der Waals surface area (Å²) >= 11 is 0. The molecule has 2 aliphatic heterocycles. The van der Waals surface area contributed by atoms with Crippen LogP contribution in [0.3, 0.4) is 0 Å². The minimum Gasteiger partial charge on any atom is -0.475 e. The highest BCUT2D eigenvalue weighted by Crippen LogP contribution is 2.32. The van der Waals surface area contributed by atoms with Crippen LogP contribution in [0.2, 0.25) is 0 Å². The van der Waals surface area contributed by atoms with Gasteiger partial charge in [0.25, 0.3) is 0 Å². The number of carbonyl (C=O) groups is 3. The van der Waals surface area contributed by atoms with Crippen LogP contribution in [-0.4, -0.2) is 98.0 Å². The molecule has 46 heavy (non-hydrogen) atoms. The fourth-order valence-corrected chi connectivity index (χ4v) is 3.91. The van der Waals surface area contributed by atoms with Crippen LogP contribution in [-0.2, 0) is 37.0 Å². The lowest BCUT2D eigenvalue weighted by atomic mass is 9.99. The molecule has 0 saturated carbocycles. The maximum absolute atomic E-state index is 10.6. The zero-order chi connectivity index (χ0) is 35.1. The number of ether oxygens (including phenoxy) is 2. The van der Waals surface area contributed by atoms with Crippen LogP contribution in [0.1, 0.15) is 30.5 Å². The molecule has 2 aromatic rings. The lowest BCUT2D eigenvalue weighted by Gasteiger charge is -2.36. The number of aliphatic carboxylic acids is 3. The van der Waals surface area contributed by atoms with Crippen molar-refractivity contribution in [3.63, 3.8) is 0 Å². The molecular formula is C26H28F9N3O8. The molecule has 2 aromatic heterocycles. The van der Waals surface area contributed by atoms with Gasteiger partial charge in [0.1, 0.15) is 0 Å². The third-order valence-corrected chi connectivity index (χ3v) is 5.87. The third-order valence-electron chi connectivity index (χ3n) is 5.87. The molecule has 0 amide bonds. The molecule has 20 heteroatoms. The average Bonchev–Trinajstić information content (AvgIpc) is 3.35. The molecule has 0 aliphatic carbocycles. The summed E-state index contributed by atoms with van der Waals surface area (Å²) in [5.41, 5.74) is 2.25. The fourth-order valence-electron chi connectivity index (χ4n) is 3.91. The zero-order valence-corrected chi connectivity index (χ0v) is 23.4. The van der Waals surface area contributed by atoms with Crippen LogP contribution in [0.15, 0.2) is 48.9 Å². The maximum Gasteiger partial charge on any atom is 0.490 e. The van der Waals surface area contributed by atoms with Crippen molar-refractivity contribution < 1.29 is 78.7 Å². The maximum atomic E-state index is 10.6. The predicted octanol–water partition coefficient (Wildman–Crippen LogP) is 4.72. The quantitative estimate of drug-likeness (QED) is 0.363. The Labute approximate surface area is 254 Å². The first-order chi connectivity index (χ1) is 21.2. The highest BCUT2D eigenvalue weighted by Gasteiger charge is 2.40. The van der Waals surface area contributed by atoms with Crippen molar-refractivity contribution in [1.29, 1.82) is 0 Å². The van der Waals surface area contributed by atoms with E-state index in [-0.39, 0.29) is 6.10 Å². The Bertz CT molecular complexity index is 1160. The minimum atomic E-state index is -5.08. The second-order valence-electron chi connectivity index (χ2n) is 9.31. The molecule has 0 aromatic carbocycles. The molecular weight excluding hydrogens is 653 g/mol. The van der Waals surface area contributed by atoms with Gasteiger partial charge < -0.3 is 24.8 Å². The van der Waals surface area contributed by atoms with E-state index in [2.05, 4.69) is 20.9 Å². The molecule has 0 spiro atoms. The summed E-state index contributed by atoms with van der Waals surface area (Å²) in [5, 5.41) is 21.4. The number of nitrogens with zero attached hydrogens (tertiary/aromatic N) is 3. The second kappa shape index (κ2) is 18.2. The number of hydrogen-bond donors (Lipinski definition) is 3. The number of aromatic nitrogens is 2. The van der Waals surface area contributed by atoms with Crippen LogP contribution in [0.5, 0.6) is 0 Å². The van der Waals surface area contributed by atoms with Crippen LogP contribution in [0.25, 0.3) is 0 Å². The molecule has 0 unspecified atom stereocenters. The lowest BCUT2D eigenvalue weighted by molar-refractivity contribution is -0.193. The first kappa shape index (κ1) is 40.0. The minimum absolute atomic E-state index is 0.211. The number of carboxylic acids is 3. The van der Waals surface area contributed by atoms with Crippen molar-refractivity contribution in [3.8, 4) is 0 Å². The molecule has 2 aliphatic rings. The van der Waals surface area contributed by atoms with Gasteiger partial charge in [-0.2, -0.15) is 39.5 Å². The van der Waals surface area contributed by atoms with Gasteiger partial charge in [-0.15, -0.1) is 0 Å². The van der Waals surface area contributed by atoms with Crippen molar-refractivity contribution in [1.82, 2.24) is 14.9 Å². The highest BCUT2D eigenvalue weighted by atomic mass is 19.4. The fraction of sp³-hybridized carbons (Fsp3) is 0.500. The molecule has 11 nitrogen and oxygen atoms in total. The topological polar surface area (TPSA) is 159 Å². The standard InChI is InChI=1S/C20H25N3O2.3C2HF3O2/c1-2-10-22-17(5-1)14-24-15-18-6-7-19-20(25-18)8-11-23(19)13-16-4-3-9-21-12-16;3*3-2(4,5)1(6)7/h1-5,9-10,12,18-20H,6-8,11,13-15H2;3*(H,6,7)/t18-,19+,20+;;;/m1.../s1. The van der Waals surface area contributed by atoms with E-state index in [9.17, 15) is 39.5 Å². The van der Waals surface area contributed by atoms with Gasteiger partial charge in [0.15, 0.2) is 0 Å².